The number of fused-ring (bicyclic) bond motifs is 1. The molecule has 2 heterocycles. The van der Waals surface area contributed by atoms with E-state index in [-0.39, 0.29) is 0 Å². The lowest BCUT2D eigenvalue weighted by Crippen LogP contribution is -2.34. The van der Waals surface area contributed by atoms with Crippen LogP contribution < -0.4 is 0 Å². The average Bonchev–Trinajstić information content (AvgIpc) is 3.00. The van der Waals surface area contributed by atoms with Crippen molar-refractivity contribution in [3.63, 3.8) is 0 Å². The zero-order chi connectivity index (χ0) is 13.3. The van der Waals surface area contributed by atoms with Gasteiger partial charge in [-0.3, -0.25) is 0 Å². The van der Waals surface area contributed by atoms with Crippen molar-refractivity contribution in [2.45, 2.75) is 77.4 Å². The fraction of sp³-hybridized carbons (Fsp3) is 1.00. The molecule has 2 aliphatic heterocycles. The second kappa shape index (κ2) is 5.73. The summed E-state index contributed by atoms with van der Waals surface area (Å²) < 4.78 is 11.3. The van der Waals surface area contributed by atoms with E-state index < -0.39 is 0 Å². The third kappa shape index (κ3) is 2.85. The Balaban J connectivity index is 0.000000528. The van der Waals surface area contributed by atoms with Gasteiger partial charge in [0.1, 0.15) is 0 Å². The third-order valence-corrected chi connectivity index (χ3v) is 6.00. The van der Waals surface area contributed by atoms with Gasteiger partial charge in [-0.1, -0.05) is 13.8 Å². The Bertz CT molecular complexity index is 288. The molecule has 4 aliphatic rings. The molecule has 4 rings (SSSR count). The second-order valence-electron chi connectivity index (χ2n) is 6.92. The van der Waals surface area contributed by atoms with E-state index in [0.29, 0.717) is 17.6 Å². The predicted molar refractivity (Wildman–Crippen MR) is 77.2 cm³/mol. The highest BCUT2D eigenvalue weighted by Crippen LogP contribution is 2.55. The highest BCUT2D eigenvalue weighted by molar-refractivity contribution is 5.00. The number of hydrogen-bond donors (Lipinski definition) is 0. The summed E-state index contributed by atoms with van der Waals surface area (Å²) in [6.45, 7) is 6.06. The van der Waals surface area contributed by atoms with Crippen molar-refractivity contribution in [2.75, 3.05) is 13.2 Å². The minimum absolute atomic E-state index is 0.662. The summed E-state index contributed by atoms with van der Waals surface area (Å²) in [6, 6.07) is 0. The average molecular weight is 266 g/mol. The van der Waals surface area contributed by atoms with Crippen LogP contribution in [0.15, 0.2) is 0 Å². The fourth-order valence-corrected chi connectivity index (χ4v) is 4.69. The molecule has 3 atom stereocenters. The van der Waals surface area contributed by atoms with E-state index in [4.69, 9.17) is 9.47 Å². The van der Waals surface area contributed by atoms with Crippen LogP contribution in [0.3, 0.4) is 0 Å². The van der Waals surface area contributed by atoms with Gasteiger partial charge in [0.2, 0.25) is 0 Å². The Morgan fingerprint density at radius 3 is 2.21 bits per heavy atom. The van der Waals surface area contributed by atoms with E-state index in [9.17, 15) is 0 Å². The Hall–Kier alpha value is -0.0800. The molecular weight excluding hydrogens is 236 g/mol. The Morgan fingerprint density at radius 1 is 0.842 bits per heavy atom. The van der Waals surface area contributed by atoms with Gasteiger partial charge in [0.25, 0.3) is 0 Å². The lowest BCUT2D eigenvalue weighted by molar-refractivity contribution is 0.0784. The van der Waals surface area contributed by atoms with Crippen LogP contribution in [0.25, 0.3) is 0 Å². The number of hydrogen-bond acceptors (Lipinski definition) is 2. The topological polar surface area (TPSA) is 21.8 Å². The fourth-order valence-electron chi connectivity index (χ4n) is 4.69. The van der Waals surface area contributed by atoms with Gasteiger partial charge < -0.3 is 9.47 Å². The quantitative estimate of drug-likeness (QED) is 0.664. The molecule has 2 heteroatoms. The molecule has 2 saturated heterocycles. The van der Waals surface area contributed by atoms with Crippen LogP contribution in [0.5, 0.6) is 0 Å². The first-order valence-corrected chi connectivity index (χ1v) is 8.58. The van der Waals surface area contributed by atoms with E-state index >= 15 is 0 Å². The molecule has 19 heavy (non-hydrogen) atoms. The zero-order valence-electron chi connectivity index (χ0n) is 12.7. The van der Waals surface area contributed by atoms with Crippen molar-refractivity contribution in [3.8, 4) is 0 Å². The number of rotatable bonds is 1. The van der Waals surface area contributed by atoms with Crippen LogP contribution >= 0.6 is 0 Å². The van der Waals surface area contributed by atoms with Gasteiger partial charge in [-0.15, -0.1) is 0 Å². The molecule has 3 unspecified atom stereocenters. The highest BCUT2D eigenvalue weighted by Gasteiger charge is 2.51. The van der Waals surface area contributed by atoms with Crippen LogP contribution in [0.2, 0.25) is 0 Å². The molecule has 2 aliphatic carbocycles. The molecule has 110 valence electrons. The van der Waals surface area contributed by atoms with Gasteiger partial charge in [-0.05, 0) is 68.6 Å². The summed E-state index contributed by atoms with van der Waals surface area (Å²) in [5.41, 5.74) is 0.688. The standard InChI is InChI=1S/C15H24O2.C2H6/c1-5-15(7-3-13-14(9-15)17-13)6-2-11(1)12-4-8-16-10-12;1-2/h11-14H,1-10H2;1-2H3. The summed E-state index contributed by atoms with van der Waals surface area (Å²) in [5.74, 6) is 1.86. The smallest absolute Gasteiger partial charge is 0.0847 e. The third-order valence-electron chi connectivity index (χ3n) is 6.00. The molecule has 0 aromatic rings. The van der Waals surface area contributed by atoms with Gasteiger partial charge in [0, 0.05) is 13.2 Å². The summed E-state index contributed by atoms with van der Waals surface area (Å²) in [6.07, 6.45) is 12.7. The van der Waals surface area contributed by atoms with E-state index in [2.05, 4.69) is 0 Å². The van der Waals surface area contributed by atoms with Crippen molar-refractivity contribution in [3.05, 3.63) is 0 Å². The second-order valence-corrected chi connectivity index (χ2v) is 6.92. The SMILES string of the molecule is C1CC(C2CCC3(CC2)CCC2OC2C3)CO1.CC. The van der Waals surface area contributed by atoms with Crippen LogP contribution in [-0.2, 0) is 9.47 Å². The van der Waals surface area contributed by atoms with E-state index in [1.165, 1.54) is 51.4 Å². The molecule has 1 spiro atoms. The van der Waals surface area contributed by atoms with Crippen molar-refractivity contribution in [2.24, 2.45) is 17.3 Å². The molecule has 0 aromatic heterocycles. The molecule has 4 fully saturated rings. The molecule has 0 radical (unpaired) electrons. The maximum atomic E-state index is 5.71. The lowest BCUT2D eigenvalue weighted by Gasteiger charge is -2.43. The maximum absolute atomic E-state index is 5.71. The molecule has 2 nitrogen and oxygen atoms in total. The molecule has 0 aromatic carbocycles. The normalized spacial score (nSPS) is 48.3. The highest BCUT2D eigenvalue weighted by atomic mass is 16.6. The van der Waals surface area contributed by atoms with Crippen molar-refractivity contribution >= 4 is 0 Å². The Kier molecular flexibility index (Phi) is 4.19. The number of ether oxygens (including phenoxy) is 2. The van der Waals surface area contributed by atoms with Crippen LogP contribution in [0.1, 0.15) is 65.2 Å². The minimum Gasteiger partial charge on any atom is -0.381 e. The van der Waals surface area contributed by atoms with E-state index in [1.54, 1.807) is 0 Å². The Morgan fingerprint density at radius 2 is 1.58 bits per heavy atom. The van der Waals surface area contributed by atoms with Gasteiger partial charge >= 0.3 is 0 Å². The van der Waals surface area contributed by atoms with E-state index in [0.717, 1.165) is 25.0 Å². The van der Waals surface area contributed by atoms with Gasteiger partial charge in [0.15, 0.2) is 0 Å². The van der Waals surface area contributed by atoms with Gasteiger partial charge in [-0.2, -0.15) is 0 Å². The lowest BCUT2D eigenvalue weighted by atomic mass is 9.61. The first-order valence-electron chi connectivity index (χ1n) is 8.58. The molecular formula is C17H30O2. The van der Waals surface area contributed by atoms with Gasteiger partial charge in [-0.25, -0.2) is 0 Å². The van der Waals surface area contributed by atoms with Gasteiger partial charge in [0.05, 0.1) is 12.2 Å². The van der Waals surface area contributed by atoms with Crippen LogP contribution in [0, 0.1) is 17.3 Å². The Labute approximate surface area is 118 Å². The maximum Gasteiger partial charge on any atom is 0.0847 e. The zero-order valence-corrected chi connectivity index (χ0v) is 12.7. The van der Waals surface area contributed by atoms with Crippen LogP contribution in [0.4, 0.5) is 0 Å². The summed E-state index contributed by atoms with van der Waals surface area (Å²) in [7, 11) is 0. The monoisotopic (exact) mass is 266 g/mol. The van der Waals surface area contributed by atoms with Crippen LogP contribution in [-0.4, -0.2) is 25.4 Å². The summed E-state index contributed by atoms with van der Waals surface area (Å²) in [4.78, 5) is 0. The predicted octanol–water partition coefficient (Wildman–Crippen LogP) is 4.18. The summed E-state index contributed by atoms with van der Waals surface area (Å²) >= 11 is 0. The van der Waals surface area contributed by atoms with Crippen molar-refractivity contribution in [1.29, 1.82) is 0 Å². The first-order chi connectivity index (χ1) is 9.35. The summed E-state index contributed by atoms with van der Waals surface area (Å²) in [5, 5.41) is 0. The number of epoxide rings is 1. The van der Waals surface area contributed by atoms with Crippen molar-refractivity contribution < 1.29 is 9.47 Å². The molecule has 0 amide bonds. The molecule has 0 bridgehead atoms. The largest absolute Gasteiger partial charge is 0.381 e. The van der Waals surface area contributed by atoms with E-state index in [1.807, 2.05) is 13.8 Å². The minimum atomic E-state index is 0.662. The molecule has 0 N–H and O–H groups in total. The molecule has 2 saturated carbocycles. The first kappa shape index (κ1) is 13.9. The van der Waals surface area contributed by atoms with Crippen molar-refractivity contribution in [1.82, 2.24) is 0 Å².